The lowest BCUT2D eigenvalue weighted by Crippen LogP contribution is -2.60. The third kappa shape index (κ3) is 6.04. The molecule has 3 atom stereocenters. The summed E-state index contributed by atoms with van der Waals surface area (Å²) in [6.45, 7) is 7.40. The van der Waals surface area contributed by atoms with E-state index in [9.17, 15) is 18.4 Å². The fourth-order valence-electron chi connectivity index (χ4n) is 8.44. The number of carbonyl (C=O) groups excluding carboxylic acids is 2. The topological polar surface area (TPSA) is 74.4 Å². The van der Waals surface area contributed by atoms with Crippen molar-refractivity contribution in [3.63, 3.8) is 0 Å². The molecule has 42 heavy (non-hydrogen) atoms. The van der Waals surface area contributed by atoms with Crippen LogP contribution >= 0.6 is 0 Å². The van der Waals surface area contributed by atoms with Gasteiger partial charge in [-0.25, -0.2) is 13.6 Å². The lowest BCUT2D eigenvalue weighted by atomic mass is 9.81. The summed E-state index contributed by atoms with van der Waals surface area (Å²) >= 11 is 0. The highest BCUT2D eigenvalue weighted by Crippen LogP contribution is 2.48. The molecule has 232 valence electrons. The number of fused-ring (bicyclic) bond motifs is 2. The largest absolute Gasteiger partial charge is 0.349 e. The summed E-state index contributed by atoms with van der Waals surface area (Å²) in [7, 11) is 0. The van der Waals surface area contributed by atoms with E-state index >= 15 is 0 Å². The van der Waals surface area contributed by atoms with E-state index in [1.165, 1.54) is 0 Å². The molecule has 10 heteroatoms. The lowest BCUT2D eigenvalue weighted by molar-refractivity contribution is -0.130. The van der Waals surface area contributed by atoms with Crippen LogP contribution in [0.3, 0.4) is 0 Å². The molecule has 8 nitrogen and oxygen atoms in total. The minimum atomic E-state index is -2.65. The summed E-state index contributed by atoms with van der Waals surface area (Å²) in [5.74, 6) is -3.11. The molecular formula is C32H46F2N4O4. The second kappa shape index (κ2) is 12.0. The smallest absolute Gasteiger partial charge is 0.321 e. The first kappa shape index (κ1) is 29.8. The molecule has 1 N–H and O–H groups in total. The number of rotatable bonds is 9. The standard InChI is InChI=1S/C32H46F2N4O4/c1-22(2)38-30(40)36(20-28-41-16-17-42-28)21-31(38)18-25-8-9-26(19-31)37(25)15-12-27(23-6-4-3-5-7-23)35-29(39)24-10-13-32(33,34)14-11-24/h3-7,22,24-28H,8-21H2,1-2H3,(H,35,39)/t25?,26?,27-,31?/m0/s1. The molecule has 1 spiro atoms. The fraction of sp³-hybridized carbons (Fsp3) is 0.750. The van der Waals surface area contributed by atoms with Gasteiger partial charge in [0.25, 0.3) is 0 Å². The van der Waals surface area contributed by atoms with Crippen molar-refractivity contribution in [2.45, 2.75) is 114 Å². The van der Waals surface area contributed by atoms with Crippen LogP contribution in [-0.2, 0) is 14.3 Å². The zero-order valence-electron chi connectivity index (χ0n) is 25.0. The summed E-state index contributed by atoms with van der Waals surface area (Å²) < 4.78 is 38.8. The van der Waals surface area contributed by atoms with E-state index in [1.807, 2.05) is 35.2 Å². The summed E-state index contributed by atoms with van der Waals surface area (Å²) in [6.07, 6.45) is 4.56. The number of nitrogens with zero attached hydrogens (tertiary/aromatic N) is 3. The maximum Gasteiger partial charge on any atom is 0.321 e. The number of nitrogens with one attached hydrogen (secondary N) is 1. The van der Waals surface area contributed by atoms with E-state index in [0.717, 1.165) is 44.2 Å². The molecule has 0 radical (unpaired) electrons. The molecular weight excluding hydrogens is 542 g/mol. The van der Waals surface area contributed by atoms with Crippen molar-refractivity contribution in [3.8, 4) is 0 Å². The van der Waals surface area contributed by atoms with Gasteiger partial charge in [-0.1, -0.05) is 30.3 Å². The first-order valence-electron chi connectivity index (χ1n) is 15.9. The van der Waals surface area contributed by atoms with Crippen molar-refractivity contribution in [2.75, 3.05) is 32.8 Å². The van der Waals surface area contributed by atoms with Gasteiger partial charge < -0.3 is 24.6 Å². The number of alkyl halides is 2. The van der Waals surface area contributed by atoms with Crippen molar-refractivity contribution in [1.29, 1.82) is 0 Å². The molecule has 1 aromatic rings. The van der Waals surface area contributed by atoms with Crippen LogP contribution in [0.15, 0.2) is 30.3 Å². The average molecular weight is 589 g/mol. The van der Waals surface area contributed by atoms with Gasteiger partial charge in [0.1, 0.15) is 0 Å². The number of amides is 3. The normalized spacial score (nSPS) is 31.0. The molecule has 2 bridgehead atoms. The molecule has 1 saturated carbocycles. The van der Waals surface area contributed by atoms with E-state index in [2.05, 4.69) is 29.0 Å². The number of urea groups is 1. The summed E-state index contributed by atoms with van der Waals surface area (Å²) in [5, 5.41) is 3.24. The van der Waals surface area contributed by atoms with Gasteiger partial charge in [-0.05, 0) is 64.4 Å². The molecule has 4 aliphatic heterocycles. The van der Waals surface area contributed by atoms with Crippen molar-refractivity contribution in [1.82, 2.24) is 20.0 Å². The Morgan fingerprint density at radius 1 is 1.02 bits per heavy atom. The predicted octanol–water partition coefficient (Wildman–Crippen LogP) is 4.94. The number of hydrogen-bond acceptors (Lipinski definition) is 5. The summed E-state index contributed by atoms with van der Waals surface area (Å²) in [4.78, 5) is 33.5. The van der Waals surface area contributed by atoms with Gasteiger partial charge in [0.2, 0.25) is 11.8 Å². The molecule has 6 rings (SSSR count). The van der Waals surface area contributed by atoms with Crippen LogP contribution in [-0.4, -0.2) is 95.4 Å². The first-order valence-corrected chi connectivity index (χ1v) is 15.9. The van der Waals surface area contributed by atoms with E-state index in [0.29, 0.717) is 38.4 Å². The quantitative estimate of drug-likeness (QED) is 0.442. The highest BCUT2D eigenvalue weighted by atomic mass is 19.3. The van der Waals surface area contributed by atoms with Crippen LogP contribution < -0.4 is 5.32 Å². The third-order valence-electron chi connectivity index (χ3n) is 10.3. The van der Waals surface area contributed by atoms with Crippen LogP contribution in [0.2, 0.25) is 0 Å². The van der Waals surface area contributed by atoms with Gasteiger partial charge in [-0.2, -0.15) is 0 Å². The molecule has 3 amide bonds. The second-order valence-corrected chi connectivity index (χ2v) is 13.4. The Hall–Kier alpha value is -2.30. The van der Waals surface area contributed by atoms with E-state index < -0.39 is 5.92 Å². The fourth-order valence-corrected chi connectivity index (χ4v) is 8.44. The highest BCUT2D eigenvalue weighted by Gasteiger charge is 2.58. The number of benzene rings is 1. The first-order chi connectivity index (χ1) is 20.1. The molecule has 5 fully saturated rings. The van der Waals surface area contributed by atoms with Gasteiger partial charge in [0, 0.05) is 50.0 Å². The van der Waals surface area contributed by atoms with Crippen molar-refractivity contribution < 1.29 is 27.8 Å². The minimum Gasteiger partial charge on any atom is -0.349 e. The van der Waals surface area contributed by atoms with Crippen LogP contribution in [0, 0.1) is 5.92 Å². The van der Waals surface area contributed by atoms with Crippen LogP contribution in [0.4, 0.5) is 13.6 Å². The Bertz CT molecular complexity index is 1090. The maximum absolute atomic E-state index is 13.7. The zero-order chi connectivity index (χ0) is 29.5. The SMILES string of the molecule is CC(C)N1C(=O)N(CC2OCCO2)CC12CC1CCC(C2)N1CC[C@H](NC(=O)C1CCC(F)(F)CC1)c1ccccc1. The second-order valence-electron chi connectivity index (χ2n) is 13.4. The third-order valence-corrected chi connectivity index (χ3v) is 10.3. The van der Waals surface area contributed by atoms with Crippen LogP contribution in [0.5, 0.6) is 0 Å². The molecule has 1 aromatic carbocycles. The van der Waals surface area contributed by atoms with Gasteiger partial charge in [0.05, 0.1) is 31.3 Å². The molecule has 4 saturated heterocycles. The van der Waals surface area contributed by atoms with Gasteiger partial charge in [-0.3, -0.25) is 9.69 Å². The van der Waals surface area contributed by atoms with Gasteiger partial charge >= 0.3 is 6.03 Å². The number of carbonyl (C=O) groups is 2. The summed E-state index contributed by atoms with van der Waals surface area (Å²) in [5.41, 5.74) is 0.856. The Labute approximate surface area is 248 Å². The summed E-state index contributed by atoms with van der Waals surface area (Å²) in [6, 6.07) is 10.8. The van der Waals surface area contributed by atoms with Crippen molar-refractivity contribution >= 4 is 11.9 Å². The predicted molar refractivity (Wildman–Crippen MR) is 154 cm³/mol. The monoisotopic (exact) mass is 588 g/mol. The zero-order valence-corrected chi connectivity index (χ0v) is 25.0. The lowest BCUT2D eigenvalue weighted by Gasteiger charge is -2.49. The molecule has 4 heterocycles. The Balaban J connectivity index is 1.12. The minimum absolute atomic E-state index is 0.0873. The van der Waals surface area contributed by atoms with Crippen molar-refractivity contribution in [3.05, 3.63) is 35.9 Å². The number of halogens is 2. The average Bonchev–Trinajstić information content (AvgIpc) is 3.63. The van der Waals surface area contributed by atoms with Crippen LogP contribution in [0.25, 0.3) is 0 Å². The van der Waals surface area contributed by atoms with E-state index in [4.69, 9.17) is 9.47 Å². The van der Waals surface area contributed by atoms with E-state index in [-0.39, 0.29) is 67.5 Å². The number of hydrogen-bond donors (Lipinski definition) is 1. The highest BCUT2D eigenvalue weighted by molar-refractivity contribution is 5.79. The van der Waals surface area contributed by atoms with E-state index in [1.54, 1.807) is 0 Å². The molecule has 5 aliphatic rings. The molecule has 2 unspecified atom stereocenters. The Morgan fingerprint density at radius 3 is 2.29 bits per heavy atom. The van der Waals surface area contributed by atoms with Gasteiger partial charge in [0.15, 0.2) is 6.29 Å². The van der Waals surface area contributed by atoms with Crippen LogP contribution in [0.1, 0.15) is 83.2 Å². The van der Waals surface area contributed by atoms with Crippen molar-refractivity contribution in [2.24, 2.45) is 5.92 Å². The Kier molecular flexibility index (Phi) is 8.50. The Morgan fingerprint density at radius 2 is 1.67 bits per heavy atom. The number of ether oxygens (including phenoxy) is 2. The maximum atomic E-state index is 13.7. The molecule has 0 aromatic heterocycles. The number of piperidine rings is 1. The van der Waals surface area contributed by atoms with Gasteiger partial charge in [-0.15, -0.1) is 0 Å². The molecule has 1 aliphatic carbocycles.